The topological polar surface area (TPSA) is 235 Å². The molecule has 0 atom stereocenters. The van der Waals surface area contributed by atoms with Crippen LogP contribution in [0.15, 0.2) is 26.3 Å². The SMILES string of the molecule is CC(=O)Nc1nnc(S(N)(=O)=O)s1.NS(=O)(=O)c1cc(Cl)c(Cl)c(S(N)(=O)=O)c1. The fourth-order valence-corrected chi connectivity index (χ4v) is 4.88. The molecule has 19 heteroatoms. The number of anilines is 1. The van der Waals surface area contributed by atoms with Gasteiger partial charge in [-0.15, -0.1) is 10.2 Å². The van der Waals surface area contributed by atoms with Gasteiger partial charge in [-0.2, -0.15) is 0 Å². The minimum Gasteiger partial charge on any atom is -0.301 e. The predicted molar refractivity (Wildman–Crippen MR) is 105 cm³/mol. The summed E-state index contributed by atoms with van der Waals surface area (Å²) >= 11 is 11.8. The van der Waals surface area contributed by atoms with E-state index >= 15 is 0 Å². The zero-order valence-corrected chi connectivity index (χ0v) is 18.8. The van der Waals surface area contributed by atoms with Crippen molar-refractivity contribution in [3.05, 3.63) is 22.2 Å². The summed E-state index contributed by atoms with van der Waals surface area (Å²) in [6.07, 6.45) is 0. The Kier molecular flexibility index (Phi) is 8.07. The first-order valence-electron chi connectivity index (χ1n) is 6.61. The summed E-state index contributed by atoms with van der Waals surface area (Å²) < 4.78 is 65.3. The molecule has 0 saturated heterocycles. The molecule has 0 saturated carbocycles. The Hall–Kier alpha value is -1.44. The minimum atomic E-state index is -4.18. The van der Waals surface area contributed by atoms with Gasteiger partial charge in [0.25, 0.3) is 10.0 Å². The molecule has 29 heavy (non-hydrogen) atoms. The van der Waals surface area contributed by atoms with Gasteiger partial charge in [0.2, 0.25) is 35.4 Å². The van der Waals surface area contributed by atoms with Crippen molar-refractivity contribution in [2.24, 2.45) is 15.4 Å². The number of nitrogens with zero attached hydrogens (tertiary/aromatic N) is 2. The maximum absolute atomic E-state index is 11.1. The average molecular weight is 527 g/mol. The lowest BCUT2D eigenvalue weighted by Crippen LogP contribution is -2.16. The van der Waals surface area contributed by atoms with E-state index in [0.29, 0.717) is 11.3 Å². The first-order valence-corrected chi connectivity index (χ1v) is 12.8. The van der Waals surface area contributed by atoms with E-state index in [-0.39, 0.29) is 25.4 Å². The summed E-state index contributed by atoms with van der Waals surface area (Å²) in [5.41, 5.74) is 0. The Balaban J connectivity index is 0.000000296. The Morgan fingerprint density at radius 3 is 1.90 bits per heavy atom. The third kappa shape index (κ3) is 7.72. The van der Waals surface area contributed by atoms with Gasteiger partial charge in [0.15, 0.2) is 0 Å². The van der Waals surface area contributed by atoms with Crippen LogP contribution in [0.5, 0.6) is 0 Å². The summed E-state index contributed by atoms with van der Waals surface area (Å²) in [7, 11) is -12.1. The molecule has 7 N–H and O–H groups in total. The number of rotatable bonds is 4. The van der Waals surface area contributed by atoms with Crippen molar-refractivity contribution in [2.45, 2.75) is 21.1 Å². The molecule has 1 aromatic carbocycles. The number of sulfonamides is 3. The number of hydrogen-bond donors (Lipinski definition) is 4. The van der Waals surface area contributed by atoms with E-state index in [0.717, 1.165) is 12.1 Å². The first-order chi connectivity index (χ1) is 12.9. The maximum atomic E-state index is 11.1. The highest BCUT2D eigenvalue weighted by Crippen LogP contribution is 2.31. The Morgan fingerprint density at radius 2 is 1.52 bits per heavy atom. The van der Waals surface area contributed by atoms with Gasteiger partial charge in [0, 0.05) is 6.92 Å². The summed E-state index contributed by atoms with van der Waals surface area (Å²) in [4.78, 5) is 9.45. The molecule has 2 aromatic rings. The largest absolute Gasteiger partial charge is 0.301 e. The van der Waals surface area contributed by atoms with E-state index in [4.69, 9.17) is 38.6 Å². The number of carbonyl (C=O) groups excluding carboxylic acids is 1. The molecule has 0 radical (unpaired) electrons. The Morgan fingerprint density at radius 1 is 0.966 bits per heavy atom. The average Bonchev–Trinajstić information content (AvgIpc) is 2.96. The highest BCUT2D eigenvalue weighted by atomic mass is 35.5. The number of carbonyl (C=O) groups is 1. The molecule has 0 spiro atoms. The lowest BCUT2D eigenvalue weighted by Gasteiger charge is -2.06. The zero-order valence-electron chi connectivity index (χ0n) is 14.0. The fourth-order valence-electron chi connectivity index (χ4n) is 1.44. The molecule has 2 rings (SSSR count). The van der Waals surface area contributed by atoms with Gasteiger partial charge in [0.1, 0.15) is 4.90 Å². The van der Waals surface area contributed by atoms with E-state index in [1.54, 1.807) is 0 Å². The van der Waals surface area contributed by atoms with Gasteiger partial charge >= 0.3 is 0 Å². The van der Waals surface area contributed by atoms with Gasteiger partial charge in [-0.3, -0.25) is 4.79 Å². The highest BCUT2D eigenvalue weighted by Gasteiger charge is 2.20. The van der Waals surface area contributed by atoms with Crippen molar-refractivity contribution >= 4 is 75.6 Å². The number of hydrogen-bond acceptors (Lipinski definition) is 10. The Bertz CT molecular complexity index is 1260. The number of primary sulfonamides is 3. The van der Waals surface area contributed by atoms with Gasteiger partial charge in [-0.05, 0) is 12.1 Å². The summed E-state index contributed by atoms with van der Waals surface area (Å²) in [6.45, 7) is 1.28. The second-order valence-electron chi connectivity index (χ2n) is 4.91. The number of aromatic nitrogens is 2. The van der Waals surface area contributed by atoms with E-state index in [1.807, 2.05) is 0 Å². The van der Waals surface area contributed by atoms with Crippen LogP contribution in [0.2, 0.25) is 10.0 Å². The van der Waals surface area contributed by atoms with Crippen LogP contribution in [0.25, 0.3) is 0 Å². The van der Waals surface area contributed by atoms with Crippen LogP contribution in [0.3, 0.4) is 0 Å². The van der Waals surface area contributed by atoms with Gasteiger partial charge in [0.05, 0.1) is 14.9 Å². The van der Waals surface area contributed by atoms with Gasteiger partial charge in [-0.1, -0.05) is 34.5 Å². The molecule has 0 unspecified atom stereocenters. The van der Waals surface area contributed by atoms with Crippen LogP contribution in [0, 0.1) is 0 Å². The molecule has 13 nitrogen and oxygen atoms in total. The maximum Gasteiger partial charge on any atom is 0.267 e. The second kappa shape index (κ2) is 9.14. The van der Waals surface area contributed by atoms with Gasteiger partial charge in [-0.25, -0.2) is 40.7 Å². The van der Waals surface area contributed by atoms with Crippen molar-refractivity contribution in [3.63, 3.8) is 0 Å². The van der Waals surface area contributed by atoms with Crippen molar-refractivity contribution in [1.82, 2.24) is 10.2 Å². The number of benzene rings is 1. The number of halogens is 2. The monoisotopic (exact) mass is 526 g/mol. The quantitative estimate of drug-likeness (QED) is 0.372. The lowest BCUT2D eigenvalue weighted by molar-refractivity contribution is -0.114. The van der Waals surface area contributed by atoms with E-state index < -0.39 is 39.9 Å². The van der Waals surface area contributed by atoms with Crippen LogP contribution < -0.4 is 20.7 Å². The minimum absolute atomic E-state index is 0.108. The van der Waals surface area contributed by atoms with Crippen LogP contribution >= 0.6 is 34.5 Å². The lowest BCUT2D eigenvalue weighted by atomic mass is 10.3. The summed E-state index contributed by atoms with van der Waals surface area (Å²) in [5, 5.41) is 22.9. The van der Waals surface area contributed by atoms with E-state index in [2.05, 4.69) is 15.5 Å². The smallest absolute Gasteiger partial charge is 0.267 e. The van der Waals surface area contributed by atoms with Crippen LogP contribution in [0.4, 0.5) is 5.13 Å². The molecule has 0 aliphatic carbocycles. The summed E-state index contributed by atoms with van der Waals surface area (Å²) in [5.74, 6) is -0.350. The summed E-state index contributed by atoms with van der Waals surface area (Å²) in [6, 6.07) is 1.69. The van der Waals surface area contributed by atoms with Crippen LogP contribution in [0.1, 0.15) is 6.92 Å². The van der Waals surface area contributed by atoms with Crippen molar-refractivity contribution in [3.8, 4) is 0 Å². The molecule has 0 fully saturated rings. The first kappa shape index (κ1) is 25.6. The Labute approximate surface area is 179 Å². The molecule has 0 aliphatic heterocycles. The molecule has 0 aliphatic rings. The molecule has 0 bridgehead atoms. The molecule has 162 valence electrons. The zero-order chi connectivity index (χ0) is 22.8. The third-order valence-corrected chi connectivity index (χ3v) is 7.43. The van der Waals surface area contributed by atoms with E-state index in [9.17, 15) is 30.0 Å². The molecular weight excluding hydrogens is 515 g/mol. The van der Waals surface area contributed by atoms with Crippen LogP contribution in [-0.4, -0.2) is 41.4 Å². The van der Waals surface area contributed by atoms with Gasteiger partial charge < -0.3 is 5.32 Å². The van der Waals surface area contributed by atoms with Crippen molar-refractivity contribution < 1.29 is 30.0 Å². The number of nitrogens with two attached hydrogens (primary N) is 3. The van der Waals surface area contributed by atoms with Crippen molar-refractivity contribution in [2.75, 3.05) is 5.32 Å². The molecule has 1 amide bonds. The number of nitrogens with one attached hydrogen (secondary N) is 1. The fraction of sp³-hybridized carbons (Fsp3) is 0.100. The second-order valence-corrected chi connectivity index (χ2v) is 11.5. The highest BCUT2D eigenvalue weighted by molar-refractivity contribution is 7.91. The third-order valence-electron chi connectivity index (χ3n) is 2.54. The molecular formula is C10H12Cl2N6O7S4. The number of amides is 1. The van der Waals surface area contributed by atoms with Crippen LogP contribution in [-0.2, 0) is 34.9 Å². The van der Waals surface area contributed by atoms with Crippen molar-refractivity contribution in [1.29, 1.82) is 0 Å². The normalized spacial score (nSPS) is 12.1. The predicted octanol–water partition coefficient (Wildman–Crippen LogP) is -0.568. The molecule has 1 heterocycles. The molecule has 1 aromatic heterocycles. The van der Waals surface area contributed by atoms with E-state index in [1.165, 1.54) is 6.92 Å². The standard InChI is InChI=1S/C6H6Cl2N2O4S2.C4H6N4O3S2/c7-4-1-3(15(9,11)12)2-5(6(4)8)16(10,13)14;1-2(9)6-3-7-8-4(12-3)13(5,10)11/h1-2H,(H2,9,11,12)(H2,10,13,14);1H3,(H2,5,10,11)(H,6,7,9).